The molecule has 0 amide bonds. The van der Waals surface area contributed by atoms with Gasteiger partial charge in [0.25, 0.3) is 0 Å². The third kappa shape index (κ3) is 3.10. The lowest BCUT2D eigenvalue weighted by Crippen LogP contribution is -2.38. The summed E-state index contributed by atoms with van der Waals surface area (Å²) in [6.07, 6.45) is 20.0. The van der Waals surface area contributed by atoms with Crippen molar-refractivity contribution in [1.29, 1.82) is 0 Å². The summed E-state index contributed by atoms with van der Waals surface area (Å²) < 4.78 is 6.57. The first-order chi connectivity index (χ1) is 8.93. The lowest BCUT2D eigenvalue weighted by molar-refractivity contribution is -0.111. The van der Waals surface area contributed by atoms with Crippen LogP contribution in [0.4, 0.5) is 0 Å². The van der Waals surface area contributed by atoms with Crippen molar-refractivity contribution >= 4 is 0 Å². The fraction of sp³-hybridized carbons (Fsp3) is 1.00. The molecule has 1 heteroatoms. The fourth-order valence-corrected chi connectivity index (χ4v) is 4.59. The molecule has 2 aliphatic carbocycles. The van der Waals surface area contributed by atoms with Gasteiger partial charge in [0.15, 0.2) is 0 Å². The van der Waals surface area contributed by atoms with Gasteiger partial charge in [-0.2, -0.15) is 0 Å². The van der Waals surface area contributed by atoms with Crippen LogP contribution in [-0.2, 0) is 4.74 Å². The van der Waals surface area contributed by atoms with Gasteiger partial charge in [-0.1, -0.05) is 38.5 Å². The standard InChI is InChI=1S/C17H30O/c1-3-8-14(9-4-1)16-12-7-13-17(18-16)15-10-5-2-6-11-15/h14-17H,1-13H2. The van der Waals surface area contributed by atoms with E-state index < -0.39 is 0 Å². The Hall–Kier alpha value is -0.0400. The Morgan fingerprint density at radius 1 is 0.444 bits per heavy atom. The minimum Gasteiger partial charge on any atom is -0.374 e. The van der Waals surface area contributed by atoms with Crippen LogP contribution in [-0.4, -0.2) is 12.2 Å². The van der Waals surface area contributed by atoms with Crippen molar-refractivity contribution in [2.24, 2.45) is 11.8 Å². The smallest absolute Gasteiger partial charge is 0.0607 e. The molecule has 0 aromatic rings. The highest BCUT2D eigenvalue weighted by Crippen LogP contribution is 2.38. The van der Waals surface area contributed by atoms with E-state index in [-0.39, 0.29) is 0 Å². The molecule has 18 heavy (non-hydrogen) atoms. The van der Waals surface area contributed by atoms with Gasteiger partial charge in [0.2, 0.25) is 0 Å². The maximum absolute atomic E-state index is 6.57. The Kier molecular flexibility index (Phi) is 4.62. The second-order valence-electron chi connectivity index (χ2n) is 6.94. The highest BCUT2D eigenvalue weighted by Gasteiger charge is 2.33. The van der Waals surface area contributed by atoms with Crippen molar-refractivity contribution in [2.75, 3.05) is 0 Å². The third-order valence-corrected chi connectivity index (χ3v) is 5.68. The van der Waals surface area contributed by atoms with Crippen molar-refractivity contribution in [1.82, 2.24) is 0 Å². The third-order valence-electron chi connectivity index (χ3n) is 5.68. The van der Waals surface area contributed by atoms with E-state index in [1.54, 1.807) is 0 Å². The molecule has 0 aromatic heterocycles. The number of rotatable bonds is 2. The first-order valence-corrected chi connectivity index (χ1v) is 8.59. The number of hydrogen-bond acceptors (Lipinski definition) is 1. The van der Waals surface area contributed by atoms with E-state index in [0.29, 0.717) is 12.2 Å². The molecule has 2 unspecified atom stereocenters. The van der Waals surface area contributed by atoms with Gasteiger partial charge in [-0.3, -0.25) is 0 Å². The van der Waals surface area contributed by atoms with Gasteiger partial charge < -0.3 is 4.74 Å². The summed E-state index contributed by atoms with van der Waals surface area (Å²) in [4.78, 5) is 0. The zero-order valence-electron chi connectivity index (χ0n) is 11.9. The minimum atomic E-state index is 0.631. The zero-order valence-corrected chi connectivity index (χ0v) is 11.9. The minimum absolute atomic E-state index is 0.631. The van der Waals surface area contributed by atoms with Gasteiger partial charge in [-0.05, 0) is 56.8 Å². The summed E-state index contributed by atoms with van der Waals surface area (Å²) in [5, 5.41) is 0. The van der Waals surface area contributed by atoms with Crippen molar-refractivity contribution in [3.05, 3.63) is 0 Å². The van der Waals surface area contributed by atoms with E-state index in [9.17, 15) is 0 Å². The molecule has 0 bridgehead atoms. The molecule has 1 nitrogen and oxygen atoms in total. The van der Waals surface area contributed by atoms with Gasteiger partial charge in [-0.15, -0.1) is 0 Å². The van der Waals surface area contributed by atoms with Gasteiger partial charge in [-0.25, -0.2) is 0 Å². The van der Waals surface area contributed by atoms with Crippen molar-refractivity contribution in [2.45, 2.75) is 95.7 Å². The monoisotopic (exact) mass is 250 g/mol. The van der Waals surface area contributed by atoms with Gasteiger partial charge in [0, 0.05) is 0 Å². The molecule has 1 saturated heterocycles. The van der Waals surface area contributed by atoms with E-state index in [1.165, 1.54) is 83.5 Å². The van der Waals surface area contributed by atoms with E-state index in [2.05, 4.69) is 0 Å². The van der Waals surface area contributed by atoms with E-state index >= 15 is 0 Å². The lowest BCUT2D eigenvalue weighted by atomic mass is 9.79. The number of hydrogen-bond donors (Lipinski definition) is 0. The summed E-state index contributed by atoms with van der Waals surface area (Å²) >= 11 is 0. The molecule has 3 rings (SSSR count). The molecule has 3 fully saturated rings. The Morgan fingerprint density at radius 2 is 0.889 bits per heavy atom. The molecule has 0 radical (unpaired) electrons. The second-order valence-corrected chi connectivity index (χ2v) is 6.94. The first-order valence-electron chi connectivity index (χ1n) is 8.59. The average Bonchev–Trinajstić information content (AvgIpc) is 2.49. The van der Waals surface area contributed by atoms with Crippen LogP contribution in [0.1, 0.15) is 83.5 Å². The van der Waals surface area contributed by atoms with Gasteiger partial charge >= 0.3 is 0 Å². The average molecular weight is 250 g/mol. The molecule has 1 aliphatic heterocycles. The largest absolute Gasteiger partial charge is 0.374 e. The van der Waals surface area contributed by atoms with E-state index in [0.717, 1.165) is 11.8 Å². The van der Waals surface area contributed by atoms with Crippen molar-refractivity contribution < 1.29 is 4.74 Å². The summed E-state index contributed by atoms with van der Waals surface area (Å²) in [5.74, 6) is 1.82. The lowest BCUT2D eigenvalue weighted by Gasteiger charge is -2.40. The highest BCUT2D eigenvalue weighted by atomic mass is 16.5. The number of ether oxygens (including phenoxy) is 1. The Labute approximate surface area is 113 Å². The molecule has 0 aromatic carbocycles. The molecular formula is C17H30O. The van der Waals surface area contributed by atoms with Crippen LogP contribution in [0.3, 0.4) is 0 Å². The summed E-state index contributed by atoms with van der Waals surface area (Å²) in [6, 6.07) is 0. The summed E-state index contributed by atoms with van der Waals surface area (Å²) in [6.45, 7) is 0. The van der Waals surface area contributed by atoms with Crippen LogP contribution in [0.15, 0.2) is 0 Å². The molecule has 3 aliphatic rings. The quantitative estimate of drug-likeness (QED) is 0.663. The van der Waals surface area contributed by atoms with Crippen molar-refractivity contribution in [3.63, 3.8) is 0 Å². The highest BCUT2D eigenvalue weighted by molar-refractivity contribution is 4.83. The maximum atomic E-state index is 6.57. The van der Waals surface area contributed by atoms with Crippen LogP contribution in [0, 0.1) is 11.8 Å². The Morgan fingerprint density at radius 3 is 1.33 bits per heavy atom. The van der Waals surface area contributed by atoms with Crippen LogP contribution in [0.2, 0.25) is 0 Å². The SMILES string of the molecule is C1CCC(C2CCCC(C3CCCCC3)O2)CC1. The molecule has 2 saturated carbocycles. The molecule has 0 N–H and O–H groups in total. The maximum Gasteiger partial charge on any atom is 0.0607 e. The fourth-order valence-electron chi connectivity index (χ4n) is 4.59. The van der Waals surface area contributed by atoms with Crippen LogP contribution in [0.5, 0.6) is 0 Å². The van der Waals surface area contributed by atoms with Crippen LogP contribution >= 0.6 is 0 Å². The van der Waals surface area contributed by atoms with Crippen molar-refractivity contribution in [3.8, 4) is 0 Å². The van der Waals surface area contributed by atoms with E-state index in [4.69, 9.17) is 4.74 Å². The predicted octanol–water partition coefficient (Wildman–Crippen LogP) is 5.08. The Balaban J connectivity index is 1.53. The Bertz CT molecular complexity index is 214. The molecular weight excluding hydrogens is 220 g/mol. The van der Waals surface area contributed by atoms with Gasteiger partial charge in [0.1, 0.15) is 0 Å². The van der Waals surface area contributed by atoms with Crippen LogP contribution in [0.25, 0.3) is 0 Å². The molecule has 104 valence electrons. The second kappa shape index (κ2) is 6.41. The van der Waals surface area contributed by atoms with Crippen LogP contribution < -0.4 is 0 Å². The summed E-state index contributed by atoms with van der Waals surface area (Å²) in [7, 11) is 0. The first kappa shape index (κ1) is 13.0. The molecule has 2 atom stereocenters. The topological polar surface area (TPSA) is 9.23 Å². The normalized spacial score (nSPS) is 36.7. The van der Waals surface area contributed by atoms with Gasteiger partial charge in [0.05, 0.1) is 12.2 Å². The molecule has 0 spiro atoms. The summed E-state index contributed by atoms with van der Waals surface area (Å²) in [5.41, 5.74) is 0. The van der Waals surface area contributed by atoms with E-state index in [1.807, 2.05) is 0 Å². The predicted molar refractivity (Wildman–Crippen MR) is 75.7 cm³/mol. The molecule has 1 heterocycles. The zero-order chi connectivity index (χ0) is 12.2.